The van der Waals surface area contributed by atoms with Crippen LogP contribution in [0.1, 0.15) is 52.4 Å². The molecule has 0 atom stereocenters. The summed E-state index contributed by atoms with van der Waals surface area (Å²) in [5.74, 6) is 2.69. The Balaban J connectivity index is 0.00000363. The van der Waals surface area contributed by atoms with Gasteiger partial charge in [-0.25, -0.2) is 0 Å². The highest BCUT2D eigenvalue weighted by atomic mass is 127. The van der Waals surface area contributed by atoms with Crippen LogP contribution in [0.25, 0.3) is 0 Å². The van der Waals surface area contributed by atoms with E-state index in [0.29, 0.717) is 13.0 Å². The zero-order chi connectivity index (χ0) is 21.9. The summed E-state index contributed by atoms with van der Waals surface area (Å²) >= 11 is 0. The molecular formula is C24H39IN4O3. The lowest BCUT2D eigenvalue weighted by Gasteiger charge is -2.16. The van der Waals surface area contributed by atoms with E-state index >= 15 is 0 Å². The van der Waals surface area contributed by atoms with Crippen molar-refractivity contribution in [3.63, 3.8) is 0 Å². The second kappa shape index (κ2) is 14.6. The van der Waals surface area contributed by atoms with Gasteiger partial charge in [0.1, 0.15) is 5.75 Å². The van der Waals surface area contributed by atoms with Gasteiger partial charge < -0.3 is 25.0 Å². The highest BCUT2D eigenvalue weighted by Gasteiger charge is 2.21. The van der Waals surface area contributed by atoms with Crippen molar-refractivity contribution < 1.29 is 14.3 Å². The van der Waals surface area contributed by atoms with Crippen molar-refractivity contribution in [1.82, 2.24) is 10.2 Å². The molecule has 2 N–H and O–H groups in total. The van der Waals surface area contributed by atoms with Crippen LogP contribution in [0.5, 0.6) is 5.75 Å². The van der Waals surface area contributed by atoms with Crippen LogP contribution in [-0.4, -0.2) is 62.3 Å². The molecule has 1 amide bonds. The van der Waals surface area contributed by atoms with Crippen molar-refractivity contribution >= 4 is 41.5 Å². The number of carbonyl (C=O) groups excluding carboxylic acids is 1. The Hall–Kier alpha value is -1.55. The maximum absolute atomic E-state index is 11.8. The first-order valence-electron chi connectivity index (χ1n) is 11.8. The van der Waals surface area contributed by atoms with Gasteiger partial charge in [0.05, 0.1) is 6.10 Å². The number of likely N-dealkylation sites (tertiary alicyclic amines) is 1. The highest BCUT2D eigenvalue weighted by molar-refractivity contribution is 14.0. The van der Waals surface area contributed by atoms with E-state index in [-0.39, 0.29) is 36.0 Å². The summed E-state index contributed by atoms with van der Waals surface area (Å²) in [6.07, 6.45) is 6.28. The normalized spacial score (nSPS) is 16.3. The smallest absolute Gasteiger partial charge is 0.222 e. The Morgan fingerprint density at radius 1 is 1.22 bits per heavy atom. The molecule has 0 radical (unpaired) electrons. The number of amides is 1. The molecule has 1 aliphatic heterocycles. The van der Waals surface area contributed by atoms with Crippen LogP contribution in [0, 0.1) is 5.92 Å². The first-order chi connectivity index (χ1) is 15.1. The van der Waals surface area contributed by atoms with Gasteiger partial charge in [0, 0.05) is 51.5 Å². The van der Waals surface area contributed by atoms with Gasteiger partial charge in [0.15, 0.2) is 5.96 Å². The molecular weight excluding hydrogens is 519 g/mol. The number of nitrogens with zero attached hydrogens (tertiary/aromatic N) is 2. The molecule has 1 saturated carbocycles. The van der Waals surface area contributed by atoms with Crippen molar-refractivity contribution in [1.29, 1.82) is 0 Å². The Morgan fingerprint density at radius 3 is 2.66 bits per heavy atom. The molecule has 1 aliphatic carbocycles. The number of hydrogen-bond donors (Lipinski definition) is 2. The molecule has 1 saturated heterocycles. The molecule has 3 rings (SSSR count). The van der Waals surface area contributed by atoms with Gasteiger partial charge in [-0.3, -0.25) is 9.79 Å². The first kappa shape index (κ1) is 26.7. The summed E-state index contributed by atoms with van der Waals surface area (Å²) in [6.45, 7) is 8.86. The van der Waals surface area contributed by atoms with Crippen LogP contribution >= 0.6 is 24.0 Å². The standard InChI is InChI=1S/C24H38N4O3.HI/c1-19(2)31-22-11-9-21(10-12-22)27-24(26-14-5-17-30-18-20-7-8-20)25-13-4-16-28-15-3-6-23(28)29;/h9-12,19-20H,3-8,13-18H2,1-2H3,(H2,25,26,27);1H. The van der Waals surface area contributed by atoms with E-state index in [9.17, 15) is 4.79 Å². The monoisotopic (exact) mass is 558 g/mol. The fourth-order valence-electron chi connectivity index (χ4n) is 3.47. The van der Waals surface area contributed by atoms with Crippen molar-refractivity contribution in [2.45, 2.75) is 58.5 Å². The molecule has 2 fully saturated rings. The number of aliphatic imine (C=N–C) groups is 1. The quantitative estimate of drug-likeness (QED) is 0.164. The Morgan fingerprint density at radius 2 is 2.00 bits per heavy atom. The third kappa shape index (κ3) is 10.4. The lowest BCUT2D eigenvalue weighted by atomic mass is 10.3. The predicted molar refractivity (Wildman–Crippen MR) is 140 cm³/mol. The maximum Gasteiger partial charge on any atom is 0.222 e. The molecule has 0 aromatic heterocycles. The maximum atomic E-state index is 11.8. The summed E-state index contributed by atoms with van der Waals surface area (Å²) in [5.41, 5.74) is 0.960. The minimum atomic E-state index is 0. The minimum absolute atomic E-state index is 0. The average molecular weight is 559 g/mol. The van der Waals surface area contributed by atoms with Crippen LogP contribution in [0.4, 0.5) is 5.69 Å². The van der Waals surface area contributed by atoms with Crippen LogP contribution in [0.3, 0.4) is 0 Å². The fourth-order valence-corrected chi connectivity index (χ4v) is 3.47. The second-order valence-corrected chi connectivity index (χ2v) is 8.68. The van der Waals surface area contributed by atoms with Crippen LogP contribution in [-0.2, 0) is 9.53 Å². The number of anilines is 1. The number of guanidine groups is 1. The molecule has 180 valence electrons. The molecule has 0 unspecified atom stereocenters. The van der Waals surface area contributed by atoms with Gasteiger partial charge in [-0.1, -0.05) is 0 Å². The van der Waals surface area contributed by atoms with Crippen molar-refractivity contribution in [2.24, 2.45) is 10.9 Å². The van der Waals surface area contributed by atoms with E-state index in [4.69, 9.17) is 14.5 Å². The minimum Gasteiger partial charge on any atom is -0.491 e. The van der Waals surface area contributed by atoms with Gasteiger partial charge in [-0.2, -0.15) is 0 Å². The Bertz CT molecular complexity index is 708. The van der Waals surface area contributed by atoms with Gasteiger partial charge in [-0.05, 0) is 76.1 Å². The molecule has 1 aromatic carbocycles. The highest BCUT2D eigenvalue weighted by Crippen LogP contribution is 2.28. The van der Waals surface area contributed by atoms with E-state index in [1.54, 1.807) is 0 Å². The van der Waals surface area contributed by atoms with E-state index in [2.05, 4.69) is 10.6 Å². The number of benzene rings is 1. The van der Waals surface area contributed by atoms with E-state index < -0.39 is 0 Å². The number of carbonyl (C=O) groups is 1. The SMILES string of the molecule is CC(C)Oc1ccc(NC(=NCCCN2CCCC2=O)NCCCOCC2CC2)cc1.I. The summed E-state index contributed by atoms with van der Waals surface area (Å²) in [4.78, 5) is 18.4. The first-order valence-corrected chi connectivity index (χ1v) is 11.8. The zero-order valence-corrected chi connectivity index (χ0v) is 21.8. The number of halogens is 1. The topological polar surface area (TPSA) is 75.2 Å². The Labute approximate surface area is 209 Å². The van der Waals surface area contributed by atoms with Crippen molar-refractivity contribution in [3.05, 3.63) is 24.3 Å². The molecule has 8 heteroatoms. The van der Waals surface area contributed by atoms with Gasteiger partial charge in [0.2, 0.25) is 5.91 Å². The van der Waals surface area contributed by atoms with E-state index in [0.717, 1.165) is 75.4 Å². The number of nitrogens with one attached hydrogen (secondary N) is 2. The Kier molecular flexibility index (Phi) is 12.2. The lowest BCUT2D eigenvalue weighted by molar-refractivity contribution is -0.127. The van der Waals surface area contributed by atoms with E-state index in [1.807, 2.05) is 43.0 Å². The van der Waals surface area contributed by atoms with Gasteiger partial charge >= 0.3 is 0 Å². The van der Waals surface area contributed by atoms with Crippen LogP contribution < -0.4 is 15.4 Å². The molecule has 1 heterocycles. The third-order valence-electron chi connectivity index (χ3n) is 5.32. The molecule has 32 heavy (non-hydrogen) atoms. The summed E-state index contributed by atoms with van der Waals surface area (Å²) < 4.78 is 11.4. The molecule has 0 bridgehead atoms. The van der Waals surface area contributed by atoms with Crippen LogP contribution in [0.15, 0.2) is 29.3 Å². The lowest BCUT2D eigenvalue weighted by Crippen LogP contribution is -2.32. The fraction of sp³-hybridized carbons (Fsp3) is 0.667. The number of hydrogen-bond acceptors (Lipinski definition) is 4. The van der Waals surface area contributed by atoms with Crippen molar-refractivity contribution in [2.75, 3.05) is 44.7 Å². The number of rotatable bonds is 13. The van der Waals surface area contributed by atoms with Crippen molar-refractivity contribution in [3.8, 4) is 5.75 Å². The molecule has 1 aromatic rings. The second-order valence-electron chi connectivity index (χ2n) is 8.68. The van der Waals surface area contributed by atoms with Crippen LogP contribution in [0.2, 0.25) is 0 Å². The summed E-state index contributed by atoms with van der Waals surface area (Å²) in [6, 6.07) is 7.92. The van der Waals surface area contributed by atoms with E-state index in [1.165, 1.54) is 12.8 Å². The molecule has 2 aliphatic rings. The summed E-state index contributed by atoms with van der Waals surface area (Å²) in [7, 11) is 0. The predicted octanol–water partition coefficient (Wildman–Crippen LogP) is 4.28. The third-order valence-corrected chi connectivity index (χ3v) is 5.32. The molecule has 7 nitrogen and oxygen atoms in total. The largest absolute Gasteiger partial charge is 0.491 e. The van der Waals surface area contributed by atoms with Gasteiger partial charge in [-0.15, -0.1) is 24.0 Å². The average Bonchev–Trinajstić information content (AvgIpc) is 3.48. The number of ether oxygens (including phenoxy) is 2. The summed E-state index contributed by atoms with van der Waals surface area (Å²) in [5, 5.41) is 6.78. The zero-order valence-electron chi connectivity index (χ0n) is 19.5. The molecule has 0 spiro atoms. The van der Waals surface area contributed by atoms with Gasteiger partial charge in [0.25, 0.3) is 0 Å².